The Labute approximate surface area is 283 Å². The van der Waals surface area contributed by atoms with E-state index in [1.807, 2.05) is 0 Å². The number of aromatic amines is 1. The van der Waals surface area contributed by atoms with Gasteiger partial charge in [0.25, 0.3) is 0 Å². The van der Waals surface area contributed by atoms with Crippen molar-refractivity contribution in [3.05, 3.63) is 181 Å². The number of H-pyrrole nitrogens is 1. The van der Waals surface area contributed by atoms with Gasteiger partial charge in [-0.15, -0.1) is 0 Å². The molecule has 0 radical (unpaired) electrons. The zero-order valence-electron chi connectivity index (χ0n) is 26.7. The van der Waals surface area contributed by atoms with E-state index in [1.54, 1.807) is 0 Å². The van der Waals surface area contributed by atoms with Gasteiger partial charge < -0.3 is 9.55 Å². The Balaban J connectivity index is 1.13. The van der Waals surface area contributed by atoms with E-state index in [9.17, 15) is 0 Å². The number of para-hydroxylation sites is 3. The van der Waals surface area contributed by atoms with Crippen molar-refractivity contribution in [1.82, 2.24) is 30.1 Å². The molecule has 0 spiro atoms. The van der Waals surface area contributed by atoms with Gasteiger partial charge in [0, 0.05) is 39.0 Å². The first-order valence-corrected chi connectivity index (χ1v) is 16.9. The van der Waals surface area contributed by atoms with Crippen LogP contribution in [0.5, 0.6) is 0 Å². The summed E-state index contributed by atoms with van der Waals surface area (Å²) >= 11 is 0. The number of benzene rings is 6. The third-order valence-corrected chi connectivity index (χ3v) is 10.0. The van der Waals surface area contributed by atoms with Crippen LogP contribution in [-0.4, -0.2) is 14.1 Å². The Morgan fingerprint density at radius 2 is 0.837 bits per heavy atom. The highest BCUT2D eigenvalue weighted by atomic mass is 15.4. The second-order valence-electron chi connectivity index (χ2n) is 12.9. The SMILES string of the molecule is c1ccc(C2NC(c3ccccc3)NC(c3c[nH]c(-n4c5ccccc5c5cc6c7ccccc7n(-c7ccccc7)c6cc54)c3)N2)cc1. The Morgan fingerprint density at radius 3 is 1.43 bits per heavy atom. The number of rotatable bonds is 5. The zero-order chi connectivity index (χ0) is 32.3. The maximum absolute atomic E-state index is 3.83. The molecule has 2 atom stereocenters. The van der Waals surface area contributed by atoms with Crippen molar-refractivity contribution in [3.8, 4) is 11.5 Å². The maximum atomic E-state index is 3.83. The monoisotopic (exact) mass is 634 g/mol. The summed E-state index contributed by atoms with van der Waals surface area (Å²) in [6, 6.07) is 56.4. The van der Waals surface area contributed by atoms with Crippen LogP contribution in [0.25, 0.3) is 55.1 Å². The molecule has 0 bridgehead atoms. The molecule has 0 saturated carbocycles. The summed E-state index contributed by atoms with van der Waals surface area (Å²) in [5, 5.41) is 16.4. The Morgan fingerprint density at radius 1 is 0.367 bits per heavy atom. The van der Waals surface area contributed by atoms with E-state index in [2.05, 4.69) is 194 Å². The molecule has 2 unspecified atom stereocenters. The van der Waals surface area contributed by atoms with Crippen LogP contribution in [-0.2, 0) is 0 Å². The molecule has 1 fully saturated rings. The highest BCUT2D eigenvalue weighted by molar-refractivity contribution is 6.19. The summed E-state index contributed by atoms with van der Waals surface area (Å²) in [6.45, 7) is 0. The standard InChI is InChI=1S/C43H34N6/c1-4-14-28(15-5-1)41-45-42(29-16-6-2-7-17-29)47-43(46-41)30-24-40(44-27-30)49-37-23-13-11-21-33(37)35-25-34-32-20-10-12-22-36(32)48(38(34)26-39(35)49)31-18-8-3-9-19-31/h1-27,41-47H. The fraction of sp³-hybridized carbons (Fsp3) is 0.0698. The van der Waals surface area contributed by atoms with E-state index in [4.69, 9.17) is 0 Å². The molecule has 1 saturated heterocycles. The van der Waals surface area contributed by atoms with Crippen LogP contribution in [0.1, 0.15) is 35.2 Å². The lowest BCUT2D eigenvalue weighted by atomic mass is 10.1. The first kappa shape index (κ1) is 28.1. The van der Waals surface area contributed by atoms with Crippen molar-refractivity contribution in [1.29, 1.82) is 0 Å². The molecule has 4 heterocycles. The van der Waals surface area contributed by atoms with Gasteiger partial charge in [-0.1, -0.05) is 115 Å². The molecule has 236 valence electrons. The van der Waals surface area contributed by atoms with Gasteiger partial charge >= 0.3 is 0 Å². The van der Waals surface area contributed by atoms with E-state index in [1.165, 1.54) is 49.2 Å². The van der Waals surface area contributed by atoms with Crippen LogP contribution in [0.2, 0.25) is 0 Å². The van der Waals surface area contributed by atoms with Gasteiger partial charge in [-0.05, 0) is 53.6 Å². The molecule has 49 heavy (non-hydrogen) atoms. The van der Waals surface area contributed by atoms with Gasteiger partial charge in [0.05, 0.1) is 40.6 Å². The van der Waals surface area contributed by atoms with Crippen LogP contribution in [0.15, 0.2) is 164 Å². The third kappa shape index (κ3) is 4.61. The molecule has 10 rings (SSSR count). The van der Waals surface area contributed by atoms with Crippen molar-refractivity contribution in [2.45, 2.75) is 18.5 Å². The summed E-state index contributed by atoms with van der Waals surface area (Å²) in [5.41, 5.74) is 9.43. The fourth-order valence-electron chi connectivity index (χ4n) is 7.75. The molecule has 1 aliphatic heterocycles. The normalized spacial score (nSPS) is 18.2. The average Bonchev–Trinajstić information content (AvgIpc) is 3.87. The largest absolute Gasteiger partial charge is 0.347 e. The minimum Gasteiger partial charge on any atom is -0.347 e. The van der Waals surface area contributed by atoms with Gasteiger partial charge in [-0.25, -0.2) is 0 Å². The summed E-state index contributed by atoms with van der Waals surface area (Å²) in [4.78, 5) is 3.68. The number of nitrogens with zero attached hydrogens (tertiary/aromatic N) is 2. The quantitative estimate of drug-likeness (QED) is 0.153. The Bertz CT molecular complexity index is 2550. The zero-order valence-corrected chi connectivity index (χ0v) is 26.7. The van der Waals surface area contributed by atoms with E-state index in [-0.39, 0.29) is 18.5 Å². The summed E-state index contributed by atoms with van der Waals surface area (Å²) in [7, 11) is 0. The first-order valence-electron chi connectivity index (χ1n) is 16.9. The van der Waals surface area contributed by atoms with E-state index in [0.717, 1.165) is 22.6 Å². The number of nitrogens with one attached hydrogen (secondary N) is 4. The van der Waals surface area contributed by atoms with Crippen LogP contribution in [0.3, 0.4) is 0 Å². The van der Waals surface area contributed by atoms with Crippen molar-refractivity contribution in [2.24, 2.45) is 0 Å². The predicted molar refractivity (Wildman–Crippen MR) is 200 cm³/mol. The van der Waals surface area contributed by atoms with Crippen LogP contribution in [0, 0.1) is 0 Å². The molecule has 9 aromatic rings. The highest BCUT2D eigenvalue weighted by Gasteiger charge is 2.30. The summed E-state index contributed by atoms with van der Waals surface area (Å²) in [5.74, 6) is 1.03. The molecular formula is C43H34N6. The van der Waals surface area contributed by atoms with E-state index < -0.39 is 0 Å². The lowest BCUT2D eigenvalue weighted by Gasteiger charge is -2.39. The Kier molecular flexibility index (Phi) is 6.52. The van der Waals surface area contributed by atoms with Gasteiger partial charge in [0.2, 0.25) is 0 Å². The van der Waals surface area contributed by atoms with Gasteiger partial charge in [-0.3, -0.25) is 20.5 Å². The number of hydrogen-bond donors (Lipinski definition) is 4. The Hall–Kier alpha value is -5.92. The van der Waals surface area contributed by atoms with E-state index >= 15 is 0 Å². The molecule has 1 aliphatic rings. The molecule has 4 N–H and O–H groups in total. The van der Waals surface area contributed by atoms with Crippen molar-refractivity contribution >= 4 is 43.6 Å². The minimum atomic E-state index is -0.0953. The molecule has 6 heteroatoms. The average molecular weight is 635 g/mol. The number of fused-ring (bicyclic) bond motifs is 6. The van der Waals surface area contributed by atoms with Gasteiger partial charge in [0.1, 0.15) is 5.82 Å². The van der Waals surface area contributed by atoms with Gasteiger partial charge in [0.15, 0.2) is 0 Å². The number of aromatic nitrogens is 3. The lowest BCUT2D eigenvalue weighted by molar-refractivity contribution is 0.203. The molecule has 6 aromatic carbocycles. The molecule has 6 nitrogen and oxygen atoms in total. The smallest absolute Gasteiger partial charge is 0.115 e. The first-order chi connectivity index (χ1) is 24.3. The van der Waals surface area contributed by atoms with Crippen LogP contribution >= 0.6 is 0 Å². The minimum absolute atomic E-state index is 0.0302. The van der Waals surface area contributed by atoms with Crippen LogP contribution in [0.4, 0.5) is 0 Å². The summed E-state index contributed by atoms with van der Waals surface area (Å²) in [6.07, 6.45) is 1.98. The second kappa shape index (κ2) is 11.4. The molecule has 0 amide bonds. The second-order valence-corrected chi connectivity index (χ2v) is 12.9. The fourth-order valence-corrected chi connectivity index (χ4v) is 7.75. The summed E-state index contributed by atoms with van der Waals surface area (Å²) < 4.78 is 4.77. The maximum Gasteiger partial charge on any atom is 0.115 e. The third-order valence-electron chi connectivity index (χ3n) is 10.0. The highest BCUT2D eigenvalue weighted by Crippen LogP contribution is 2.39. The van der Waals surface area contributed by atoms with E-state index in [0.29, 0.717) is 0 Å². The van der Waals surface area contributed by atoms with Crippen molar-refractivity contribution in [3.63, 3.8) is 0 Å². The predicted octanol–water partition coefficient (Wildman–Crippen LogP) is 9.39. The van der Waals surface area contributed by atoms with Gasteiger partial charge in [-0.2, -0.15) is 0 Å². The molecule has 0 aliphatic carbocycles. The van der Waals surface area contributed by atoms with Crippen molar-refractivity contribution < 1.29 is 0 Å². The molecular weight excluding hydrogens is 601 g/mol. The lowest BCUT2D eigenvalue weighted by Crippen LogP contribution is -2.54. The van der Waals surface area contributed by atoms with Crippen LogP contribution < -0.4 is 16.0 Å². The van der Waals surface area contributed by atoms with Crippen molar-refractivity contribution in [2.75, 3.05) is 0 Å². The molecule has 3 aromatic heterocycles. The number of hydrogen-bond acceptors (Lipinski definition) is 3. The topological polar surface area (TPSA) is 61.7 Å².